The van der Waals surface area contributed by atoms with Gasteiger partial charge >= 0.3 is 5.97 Å². The molecule has 36 heavy (non-hydrogen) atoms. The maximum absolute atomic E-state index is 13.4. The second-order valence-electron chi connectivity index (χ2n) is 8.98. The summed E-state index contributed by atoms with van der Waals surface area (Å²) in [4.78, 5) is 30.1. The molecule has 3 aromatic rings. The summed E-state index contributed by atoms with van der Waals surface area (Å²) in [5.41, 5.74) is 0.424. The van der Waals surface area contributed by atoms with Crippen LogP contribution in [0.2, 0.25) is 5.02 Å². The lowest BCUT2D eigenvalue weighted by Crippen LogP contribution is -2.29. The molecule has 0 aliphatic heterocycles. The van der Waals surface area contributed by atoms with Crippen LogP contribution in [0.4, 0.5) is 0 Å². The standard InChI is InChI=1S/C26H29BrClN3O5/c1-7-34-21-12-16(11-19(28)22(21)36-15(3)24(33)35-8-2)14-29-31-23(32)18-13-17(27)9-10-20(18)30-25(31)26(4,5)6/h9-15H,7-8H2,1-6H3/t15-/m1/s1. The van der Waals surface area contributed by atoms with Crippen LogP contribution in [0.25, 0.3) is 10.9 Å². The first kappa shape index (κ1) is 27.7. The van der Waals surface area contributed by atoms with Gasteiger partial charge in [-0.3, -0.25) is 4.79 Å². The van der Waals surface area contributed by atoms with E-state index in [1.54, 1.807) is 38.1 Å². The molecule has 0 bridgehead atoms. The fraction of sp³-hybridized carbons (Fsp3) is 0.385. The van der Waals surface area contributed by atoms with Gasteiger partial charge in [-0.25, -0.2) is 9.78 Å². The van der Waals surface area contributed by atoms with Crippen molar-refractivity contribution in [3.05, 3.63) is 61.6 Å². The minimum absolute atomic E-state index is 0.223. The Labute approximate surface area is 223 Å². The van der Waals surface area contributed by atoms with Crippen LogP contribution in [-0.4, -0.2) is 41.2 Å². The van der Waals surface area contributed by atoms with Gasteiger partial charge < -0.3 is 14.2 Å². The summed E-state index contributed by atoms with van der Waals surface area (Å²) in [6, 6.07) is 8.67. The topological polar surface area (TPSA) is 92.0 Å². The van der Waals surface area contributed by atoms with Gasteiger partial charge in [0.05, 0.1) is 35.4 Å². The van der Waals surface area contributed by atoms with Crippen molar-refractivity contribution in [1.29, 1.82) is 0 Å². The van der Waals surface area contributed by atoms with Gasteiger partial charge in [0.25, 0.3) is 5.56 Å². The number of esters is 1. The van der Waals surface area contributed by atoms with E-state index >= 15 is 0 Å². The highest BCUT2D eigenvalue weighted by Crippen LogP contribution is 2.37. The minimum atomic E-state index is -0.878. The largest absolute Gasteiger partial charge is 0.490 e. The SMILES string of the molecule is CCOC(=O)[C@@H](C)Oc1c(Cl)cc(C=Nn2c(C(C)(C)C)nc3ccc(Br)cc3c2=O)cc1OCC. The predicted octanol–water partition coefficient (Wildman–Crippen LogP) is 5.72. The van der Waals surface area contributed by atoms with Crippen molar-refractivity contribution >= 4 is 50.6 Å². The van der Waals surface area contributed by atoms with Crippen LogP contribution >= 0.6 is 27.5 Å². The normalized spacial score (nSPS) is 12.7. The summed E-state index contributed by atoms with van der Waals surface area (Å²) in [5, 5.41) is 5.15. The molecule has 0 aliphatic carbocycles. The van der Waals surface area contributed by atoms with Crippen molar-refractivity contribution in [2.24, 2.45) is 5.10 Å². The molecule has 2 aromatic carbocycles. The van der Waals surface area contributed by atoms with Crippen molar-refractivity contribution in [1.82, 2.24) is 9.66 Å². The number of nitrogens with zero attached hydrogens (tertiary/aromatic N) is 3. The fourth-order valence-corrected chi connectivity index (χ4v) is 4.01. The highest BCUT2D eigenvalue weighted by Gasteiger charge is 2.24. The first-order valence-electron chi connectivity index (χ1n) is 11.5. The quantitative estimate of drug-likeness (QED) is 0.251. The van der Waals surface area contributed by atoms with Crippen LogP contribution in [-0.2, 0) is 14.9 Å². The Morgan fingerprint density at radius 1 is 1.22 bits per heavy atom. The number of ether oxygens (including phenoxy) is 3. The Bertz CT molecular complexity index is 1360. The Balaban J connectivity index is 2.08. The van der Waals surface area contributed by atoms with Gasteiger partial charge in [-0.05, 0) is 56.7 Å². The predicted molar refractivity (Wildman–Crippen MR) is 145 cm³/mol. The molecule has 1 atom stereocenters. The van der Waals surface area contributed by atoms with Crippen LogP contribution in [0, 0.1) is 0 Å². The van der Waals surface area contributed by atoms with E-state index in [1.165, 1.54) is 10.9 Å². The molecule has 10 heteroatoms. The Morgan fingerprint density at radius 2 is 1.94 bits per heavy atom. The van der Waals surface area contributed by atoms with Crippen LogP contribution in [0.5, 0.6) is 11.5 Å². The zero-order valence-corrected chi connectivity index (χ0v) is 23.4. The maximum Gasteiger partial charge on any atom is 0.347 e. The second kappa shape index (κ2) is 11.4. The molecule has 0 unspecified atom stereocenters. The average Bonchev–Trinajstić information content (AvgIpc) is 2.80. The van der Waals surface area contributed by atoms with Gasteiger partial charge in [0.15, 0.2) is 17.6 Å². The first-order chi connectivity index (χ1) is 17.0. The van der Waals surface area contributed by atoms with Gasteiger partial charge in [-0.2, -0.15) is 9.78 Å². The fourth-order valence-electron chi connectivity index (χ4n) is 3.39. The Hall–Kier alpha value is -2.91. The molecule has 0 saturated heterocycles. The van der Waals surface area contributed by atoms with Gasteiger partial charge in [-0.15, -0.1) is 0 Å². The number of carbonyl (C=O) groups excluding carboxylic acids is 1. The summed E-state index contributed by atoms with van der Waals surface area (Å²) in [6.45, 7) is 11.6. The minimum Gasteiger partial charge on any atom is -0.490 e. The van der Waals surface area contributed by atoms with Crippen molar-refractivity contribution in [3.63, 3.8) is 0 Å². The molecule has 0 aliphatic rings. The van der Waals surface area contributed by atoms with Crippen LogP contribution in [0.1, 0.15) is 52.9 Å². The van der Waals surface area contributed by atoms with Gasteiger partial charge in [0, 0.05) is 9.89 Å². The number of fused-ring (bicyclic) bond motifs is 1. The summed E-state index contributed by atoms with van der Waals surface area (Å²) >= 11 is 9.92. The molecule has 0 saturated carbocycles. The van der Waals surface area contributed by atoms with Crippen LogP contribution < -0.4 is 15.0 Å². The van der Waals surface area contributed by atoms with Gasteiger partial charge in [-0.1, -0.05) is 48.3 Å². The first-order valence-corrected chi connectivity index (χ1v) is 12.7. The average molecular weight is 579 g/mol. The maximum atomic E-state index is 13.4. The summed E-state index contributed by atoms with van der Waals surface area (Å²) in [5.74, 6) is 0.566. The Morgan fingerprint density at radius 3 is 2.58 bits per heavy atom. The van der Waals surface area contributed by atoms with Crippen molar-refractivity contribution in [3.8, 4) is 11.5 Å². The number of halogens is 2. The highest BCUT2D eigenvalue weighted by molar-refractivity contribution is 9.10. The molecule has 1 heterocycles. The van der Waals surface area contributed by atoms with E-state index in [2.05, 4.69) is 21.0 Å². The highest BCUT2D eigenvalue weighted by atomic mass is 79.9. The molecular formula is C26H29BrClN3O5. The number of hydrogen-bond donors (Lipinski definition) is 0. The molecule has 0 spiro atoms. The molecule has 0 fully saturated rings. The summed E-state index contributed by atoms with van der Waals surface area (Å²) in [7, 11) is 0. The van der Waals surface area contributed by atoms with E-state index < -0.39 is 17.5 Å². The zero-order chi connectivity index (χ0) is 26.6. The molecule has 1 aromatic heterocycles. The van der Waals surface area contributed by atoms with Crippen molar-refractivity contribution in [2.75, 3.05) is 13.2 Å². The second-order valence-corrected chi connectivity index (χ2v) is 10.3. The third kappa shape index (κ3) is 6.25. The number of carbonyl (C=O) groups is 1. The monoisotopic (exact) mass is 577 g/mol. The summed E-state index contributed by atoms with van der Waals surface area (Å²) in [6.07, 6.45) is 0.631. The van der Waals surface area contributed by atoms with Gasteiger partial charge in [0.1, 0.15) is 5.82 Å². The number of hydrogen-bond acceptors (Lipinski definition) is 7. The molecule has 0 N–H and O–H groups in total. The lowest BCUT2D eigenvalue weighted by atomic mass is 9.95. The Kier molecular flexibility index (Phi) is 8.79. The molecule has 3 rings (SSSR count). The number of benzene rings is 2. The molecular weight excluding hydrogens is 550 g/mol. The van der Waals surface area contributed by atoms with Crippen LogP contribution in [0.3, 0.4) is 0 Å². The van der Waals surface area contributed by atoms with Crippen molar-refractivity contribution < 1.29 is 19.0 Å². The van der Waals surface area contributed by atoms with E-state index in [4.69, 9.17) is 30.8 Å². The summed E-state index contributed by atoms with van der Waals surface area (Å²) < 4.78 is 18.6. The van der Waals surface area contributed by atoms with Gasteiger partial charge in [0.2, 0.25) is 0 Å². The van der Waals surface area contributed by atoms with E-state index in [-0.39, 0.29) is 22.9 Å². The van der Waals surface area contributed by atoms with Crippen molar-refractivity contribution in [2.45, 2.75) is 53.1 Å². The van der Waals surface area contributed by atoms with E-state index in [9.17, 15) is 9.59 Å². The molecule has 8 nitrogen and oxygen atoms in total. The third-order valence-corrected chi connectivity index (χ3v) is 5.82. The lowest BCUT2D eigenvalue weighted by molar-refractivity contribution is -0.150. The molecule has 0 amide bonds. The smallest absolute Gasteiger partial charge is 0.347 e. The molecule has 0 radical (unpaired) electrons. The number of aromatic nitrogens is 2. The van der Waals surface area contributed by atoms with E-state index in [0.29, 0.717) is 34.6 Å². The lowest BCUT2D eigenvalue weighted by Gasteiger charge is -2.21. The van der Waals surface area contributed by atoms with Crippen LogP contribution in [0.15, 0.2) is 44.7 Å². The van der Waals surface area contributed by atoms with E-state index in [1.807, 2.05) is 33.8 Å². The molecule has 192 valence electrons. The van der Waals surface area contributed by atoms with E-state index in [0.717, 1.165) is 4.47 Å². The number of rotatable bonds is 8. The third-order valence-electron chi connectivity index (χ3n) is 5.05. The zero-order valence-electron chi connectivity index (χ0n) is 21.1.